The van der Waals surface area contributed by atoms with Gasteiger partial charge in [0.1, 0.15) is 17.3 Å². The van der Waals surface area contributed by atoms with Gasteiger partial charge in [0.25, 0.3) is 0 Å². The fraction of sp³-hybridized carbons (Fsp3) is 0.348. The number of carboxylic acid groups (broad SMARTS) is 1. The maximum atomic E-state index is 14.0. The number of halogens is 2. The quantitative estimate of drug-likeness (QED) is 0.576. The van der Waals surface area contributed by atoms with Crippen molar-refractivity contribution in [3.05, 3.63) is 64.1 Å². The summed E-state index contributed by atoms with van der Waals surface area (Å²) in [6, 6.07) is 9.25. The number of carboxylic acids is 1. The predicted octanol–water partition coefficient (Wildman–Crippen LogP) is 4.70. The van der Waals surface area contributed by atoms with Crippen LogP contribution in [0.25, 0.3) is 10.9 Å². The van der Waals surface area contributed by atoms with Gasteiger partial charge in [0.15, 0.2) is 0 Å². The molecule has 2 heterocycles. The zero-order chi connectivity index (χ0) is 23.2. The van der Waals surface area contributed by atoms with Gasteiger partial charge in [-0.15, -0.1) is 0 Å². The zero-order valence-electron chi connectivity index (χ0n) is 17.8. The van der Waals surface area contributed by atoms with Gasteiger partial charge in [0.2, 0.25) is 10.0 Å². The standard InChI is InChI=1S/C23H24ClFN2O4S/c1-14-3-6-21(19(24)11-14)32(30,31)26-9-7-16(8-10-26)23-15(2)27(13-22(28)29)20-5-4-17(25)12-18(20)23/h3-6,11-12,16H,7-10,13H2,1-2H3,(H,28,29). The highest BCUT2D eigenvalue weighted by Crippen LogP contribution is 2.39. The first kappa shape index (κ1) is 22.8. The van der Waals surface area contributed by atoms with E-state index in [1.54, 1.807) is 22.8 Å². The largest absolute Gasteiger partial charge is 0.480 e. The molecule has 170 valence electrons. The zero-order valence-corrected chi connectivity index (χ0v) is 19.4. The van der Waals surface area contributed by atoms with Gasteiger partial charge in [0.05, 0.1) is 5.02 Å². The smallest absolute Gasteiger partial charge is 0.323 e. The van der Waals surface area contributed by atoms with Crippen LogP contribution in [-0.4, -0.2) is 41.5 Å². The van der Waals surface area contributed by atoms with Gasteiger partial charge in [-0.1, -0.05) is 17.7 Å². The van der Waals surface area contributed by atoms with Crippen LogP contribution in [-0.2, 0) is 21.4 Å². The molecule has 1 aliphatic rings. The Morgan fingerprint density at radius 3 is 2.47 bits per heavy atom. The lowest BCUT2D eigenvalue weighted by Crippen LogP contribution is -2.38. The number of aryl methyl sites for hydroxylation is 1. The van der Waals surface area contributed by atoms with Crippen LogP contribution in [0.15, 0.2) is 41.3 Å². The molecule has 0 bridgehead atoms. The fourth-order valence-electron chi connectivity index (χ4n) is 4.67. The van der Waals surface area contributed by atoms with E-state index in [0.717, 1.165) is 16.8 Å². The highest BCUT2D eigenvalue weighted by Gasteiger charge is 2.33. The summed E-state index contributed by atoms with van der Waals surface area (Å²) in [5.74, 6) is -1.37. The molecule has 0 saturated carbocycles. The molecule has 32 heavy (non-hydrogen) atoms. The molecule has 0 spiro atoms. The summed E-state index contributed by atoms with van der Waals surface area (Å²) in [5.41, 5.74) is 3.22. The number of aliphatic carboxylic acids is 1. The summed E-state index contributed by atoms with van der Waals surface area (Å²) in [7, 11) is -3.73. The number of carbonyl (C=O) groups is 1. The van der Waals surface area contributed by atoms with E-state index < -0.39 is 16.0 Å². The lowest BCUT2D eigenvalue weighted by molar-refractivity contribution is -0.137. The molecule has 0 radical (unpaired) electrons. The number of rotatable bonds is 5. The molecule has 1 aromatic heterocycles. The van der Waals surface area contributed by atoms with Gasteiger partial charge in [0, 0.05) is 29.7 Å². The molecule has 1 saturated heterocycles. The van der Waals surface area contributed by atoms with Crippen molar-refractivity contribution in [2.24, 2.45) is 0 Å². The van der Waals surface area contributed by atoms with Gasteiger partial charge in [-0.25, -0.2) is 12.8 Å². The Morgan fingerprint density at radius 1 is 1.16 bits per heavy atom. The van der Waals surface area contributed by atoms with E-state index in [1.807, 2.05) is 13.8 Å². The predicted molar refractivity (Wildman–Crippen MR) is 121 cm³/mol. The van der Waals surface area contributed by atoms with Crippen LogP contribution in [0.3, 0.4) is 0 Å². The lowest BCUT2D eigenvalue weighted by Gasteiger charge is -2.32. The minimum absolute atomic E-state index is 0.00529. The van der Waals surface area contributed by atoms with Crippen molar-refractivity contribution in [3.63, 3.8) is 0 Å². The molecule has 2 aromatic carbocycles. The summed E-state index contributed by atoms with van der Waals surface area (Å²) in [4.78, 5) is 11.5. The average Bonchev–Trinajstić information content (AvgIpc) is 2.98. The number of aromatic nitrogens is 1. The number of sulfonamides is 1. The van der Waals surface area contributed by atoms with Crippen LogP contribution in [0, 0.1) is 19.7 Å². The third kappa shape index (κ3) is 4.02. The van der Waals surface area contributed by atoms with Crippen LogP contribution in [0.4, 0.5) is 4.39 Å². The molecule has 1 aliphatic heterocycles. The van der Waals surface area contributed by atoms with Gasteiger partial charge < -0.3 is 9.67 Å². The summed E-state index contributed by atoms with van der Waals surface area (Å²) < 4.78 is 43.4. The van der Waals surface area contributed by atoms with Gasteiger partial charge in [-0.05, 0) is 74.1 Å². The molecular weight excluding hydrogens is 455 g/mol. The van der Waals surface area contributed by atoms with E-state index in [2.05, 4.69) is 0 Å². The van der Waals surface area contributed by atoms with Crippen molar-refractivity contribution in [2.75, 3.05) is 13.1 Å². The molecule has 1 N–H and O–H groups in total. The van der Waals surface area contributed by atoms with Crippen LogP contribution < -0.4 is 0 Å². The van der Waals surface area contributed by atoms with Crippen molar-refractivity contribution in [2.45, 2.75) is 44.0 Å². The van der Waals surface area contributed by atoms with E-state index in [4.69, 9.17) is 11.6 Å². The second-order valence-electron chi connectivity index (χ2n) is 8.25. The number of hydrogen-bond acceptors (Lipinski definition) is 3. The lowest BCUT2D eigenvalue weighted by atomic mass is 9.88. The van der Waals surface area contributed by atoms with E-state index in [-0.39, 0.29) is 28.2 Å². The normalized spacial score (nSPS) is 16.0. The summed E-state index contributed by atoms with van der Waals surface area (Å²) in [6.07, 6.45) is 1.10. The molecule has 9 heteroatoms. The van der Waals surface area contributed by atoms with Crippen molar-refractivity contribution in [3.8, 4) is 0 Å². The third-order valence-electron chi connectivity index (χ3n) is 6.19. The monoisotopic (exact) mass is 478 g/mol. The Labute approximate surface area is 191 Å². The molecule has 0 aliphatic carbocycles. The Balaban J connectivity index is 1.64. The van der Waals surface area contributed by atoms with Gasteiger partial charge >= 0.3 is 5.97 Å². The summed E-state index contributed by atoms with van der Waals surface area (Å²) in [6.45, 7) is 4.08. The fourth-order valence-corrected chi connectivity index (χ4v) is 6.72. The third-order valence-corrected chi connectivity index (χ3v) is 8.58. The van der Waals surface area contributed by atoms with Gasteiger partial charge in [-0.2, -0.15) is 4.31 Å². The van der Waals surface area contributed by atoms with Crippen LogP contribution in [0.2, 0.25) is 5.02 Å². The highest BCUT2D eigenvalue weighted by atomic mass is 35.5. The molecule has 1 fully saturated rings. The summed E-state index contributed by atoms with van der Waals surface area (Å²) in [5, 5.41) is 10.2. The molecule has 0 atom stereocenters. The Hall–Kier alpha value is -2.42. The molecule has 0 amide bonds. The van der Waals surface area contributed by atoms with Gasteiger partial charge in [-0.3, -0.25) is 4.79 Å². The first-order valence-corrected chi connectivity index (χ1v) is 12.2. The number of hydrogen-bond donors (Lipinski definition) is 1. The Bertz CT molecular complexity index is 1310. The molecule has 0 unspecified atom stereocenters. The molecular formula is C23H24ClFN2O4S. The first-order chi connectivity index (χ1) is 15.1. The number of nitrogens with zero attached hydrogens (tertiary/aromatic N) is 2. The topological polar surface area (TPSA) is 79.6 Å². The molecule has 4 rings (SSSR count). The van der Waals surface area contributed by atoms with Crippen molar-refractivity contribution >= 4 is 38.5 Å². The number of piperidine rings is 1. The van der Waals surface area contributed by atoms with Crippen LogP contribution in [0.1, 0.15) is 35.6 Å². The van der Waals surface area contributed by atoms with Crippen molar-refractivity contribution in [1.82, 2.24) is 8.87 Å². The van der Waals surface area contributed by atoms with E-state index in [0.29, 0.717) is 36.8 Å². The van der Waals surface area contributed by atoms with E-state index in [1.165, 1.54) is 22.5 Å². The SMILES string of the molecule is Cc1ccc(S(=O)(=O)N2CCC(c3c(C)n(CC(=O)O)c4ccc(F)cc34)CC2)c(Cl)c1. The minimum Gasteiger partial charge on any atom is -0.480 e. The average molecular weight is 479 g/mol. The van der Waals surface area contributed by atoms with E-state index in [9.17, 15) is 22.7 Å². The Morgan fingerprint density at radius 2 is 1.84 bits per heavy atom. The van der Waals surface area contributed by atoms with Crippen LogP contribution in [0.5, 0.6) is 0 Å². The first-order valence-electron chi connectivity index (χ1n) is 10.4. The highest BCUT2D eigenvalue weighted by molar-refractivity contribution is 7.89. The van der Waals surface area contributed by atoms with Crippen molar-refractivity contribution in [1.29, 1.82) is 0 Å². The number of benzene rings is 2. The van der Waals surface area contributed by atoms with E-state index >= 15 is 0 Å². The maximum absolute atomic E-state index is 14.0. The Kier molecular flexibility index (Phi) is 6.04. The maximum Gasteiger partial charge on any atom is 0.323 e. The van der Waals surface area contributed by atoms with Crippen molar-refractivity contribution < 1.29 is 22.7 Å². The number of fused-ring (bicyclic) bond motifs is 1. The summed E-state index contributed by atoms with van der Waals surface area (Å²) >= 11 is 6.21. The second kappa shape index (κ2) is 8.50. The second-order valence-corrected chi connectivity index (χ2v) is 10.6. The molecule has 3 aromatic rings. The molecule has 6 nitrogen and oxygen atoms in total. The minimum atomic E-state index is -3.73. The van der Waals surface area contributed by atoms with Crippen LogP contribution >= 0.6 is 11.6 Å².